The maximum absolute atomic E-state index is 14.4. The molecule has 0 amide bonds. The van der Waals surface area contributed by atoms with Gasteiger partial charge in [-0.05, 0) is 61.0 Å². The van der Waals surface area contributed by atoms with E-state index in [1.54, 1.807) is 12.1 Å². The minimum atomic E-state index is -0.547. The van der Waals surface area contributed by atoms with Crippen LogP contribution in [0.5, 0.6) is 5.75 Å². The van der Waals surface area contributed by atoms with Gasteiger partial charge in [0.25, 0.3) is 0 Å². The number of aliphatic hydroxyl groups is 1. The second-order valence-electron chi connectivity index (χ2n) is 8.55. The van der Waals surface area contributed by atoms with Crippen LogP contribution in [0.15, 0.2) is 47.4 Å². The third kappa shape index (κ3) is 4.93. The Balaban J connectivity index is 1.53. The highest BCUT2D eigenvalue weighted by atomic mass is 32.2. The van der Waals surface area contributed by atoms with E-state index in [9.17, 15) is 9.50 Å². The van der Waals surface area contributed by atoms with Crippen molar-refractivity contribution in [3.05, 3.63) is 53.8 Å². The zero-order chi connectivity index (χ0) is 21.1. The summed E-state index contributed by atoms with van der Waals surface area (Å²) < 4.78 is 28.1. The van der Waals surface area contributed by atoms with Crippen molar-refractivity contribution in [3.63, 3.8) is 0 Å². The molecule has 2 unspecified atom stereocenters. The first kappa shape index (κ1) is 21.5. The molecule has 1 saturated heterocycles. The molecular formula is C24H30FNO3S. The van der Waals surface area contributed by atoms with Gasteiger partial charge in [0, 0.05) is 42.6 Å². The highest BCUT2D eigenvalue weighted by Gasteiger charge is 2.33. The molecule has 1 N–H and O–H groups in total. The van der Waals surface area contributed by atoms with E-state index in [-0.39, 0.29) is 11.9 Å². The molecule has 2 aromatic carbocycles. The lowest BCUT2D eigenvalue weighted by atomic mass is 9.87. The first-order valence-electron chi connectivity index (χ1n) is 10.8. The van der Waals surface area contributed by atoms with Crippen molar-refractivity contribution in [1.82, 2.24) is 0 Å². The van der Waals surface area contributed by atoms with Crippen LogP contribution in [0.25, 0.3) is 0 Å². The zero-order valence-electron chi connectivity index (χ0n) is 17.6. The fraction of sp³-hybridized carbons (Fsp3) is 0.500. The van der Waals surface area contributed by atoms with Gasteiger partial charge in [-0.15, -0.1) is 0 Å². The Kier molecular flexibility index (Phi) is 6.86. The molecule has 2 atom stereocenters. The second-order valence-corrected chi connectivity index (χ2v) is 9.65. The first-order chi connectivity index (χ1) is 14.5. The van der Waals surface area contributed by atoms with Crippen LogP contribution in [-0.4, -0.2) is 31.0 Å². The molecule has 4 rings (SSSR count). The van der Waals surface area contributed by atoms with E-state index in [4.69, 9.17) is 9.47 Å². The molecule has 2 heterocycles. The average molecular weight is 432 g/mol. The number of hydrogen-bond donors (Lipinski definition) is 1. The van der Waals surface area contributed by atoms with Crippen LogP contribution in [0.3, 0.4) is 0 Å². The monoisotopic (exact) mass is 431 g/mol. The average Bonchev–Trinajstić information content (AvgIpc) is 2.74. The molecule has 0 radical (unpaired) electrons. The van der Waals surface area contributed by atoms with Crippen molar-refractivity contribution in [3.8, 4) is 5.75 Å². The summed E-state index contributed by atoms with van der Waals surface area (Å²) in [4.78, 5) is 0.963. The molecule has 0 spiro atoms. The SMILES string of the molecule is CC(C)CN(Sc1ccc2c(c1)C(O)CC(C1CCOCC1)O2)c1ccccc1F. The largest absolute Gasteiger partial charge is 0.490 e. The first-order valence-corrected chi connectivity index (χ1v) is 11.5. The quantitative estimate of drug-likeness (QED) is 0.603. The van der Waals surface area contributed by atoms with E-state index < -0.39 is 6.10 Å². The number of nitrogens with zero attached hydrogens (tertiary/aromatic N) is 1. The van der Waals surface area contributed by atoms with Crippen molar-refractivity contribution in [2.75, 3.05) is 24.1 Å². The van der Waals surface area contributed by atoms with Gasteiger partial charge in [-0.3, -0.25) is 0 Å². The van der Waals surface area contributed by atoms with Crippen LogP contribution in [0.2, 0.25) is 0 Å². The summed E-state index contributed by atoms with van der Waals surface area (Å²) >= 11 is 1.50. The Morgan fingerprint density at radius 1 is 1.17 bits per heavy atom. The van der Waals surface area contributed by atoms with Gasteiger partial charge in [0.1, 0.15) is 17.7 Å². The van der Waals surface area contributed by atoms with Gasteiger partial charge in [-0.25, -0.2) is 4.39 Å². The summed E-state index contributed by atoms with van der Waals surface area (Å²) in [5, 5.41) is 10.8. The Hall–Kier alpha value is -1.76. The fourth-order valence-corrected chi connectivity index (χ4v) is 5.37. The lowest BCUT2D eigenvalue weighted by molar-refractivity contribution is -0.0151. The Labute approximate surface area is 182 Å². The van der Waals surface area contributed by atoms with Crippen molar-refractivity contribution in [2.45, 2.75) is 50.2 Å². The van der Waals surface area contributed by atoms with Crippen LogP contribution in [0.1, 0.15) is 44.8 Å². The maximum Gasteiger partial charge on any atom is 0.147 e. The predicted octanol–water partition coefficient (Wildman–Crippen LogP) is 5.61. The smallest absolute Gasteiger partial charge is 0.147 e. The molecule has 6 heteroatoms. The zero-order valence-corrected chi connectivity index (χ0v) is 18.4. The normalized spacial score (nSPS) is 21.9. The van der Waals surface area contributed by atoms with Gasteiger partial charge in [0.2, 0.25) is 0 Å². The van der Waals surface area contributed by atoms with Gasteiger partial charge >= 0.3 is 0 Å². The van der Waals surface area contributed by atoms with Crippen molar-refractivity contribution in [1.29, 1.82) is 0 Å². The standard InChI is InChI=1S/C24H30FNO3S/c1-16(2)15-26(21-6-4-3-5-20(21)25)30-18-7-8-23-19(13-18)22(27)14-24(29-23)17-9-11-28-12-10-17/h3-8,13,16-17,22,24,27H,9-12,14-15H2,1-2H3. The molecule has 0 bridgehead atoms. The van der Waals surface area contributed by atoms with Crippen molar-refractivity contribution < 1.29 is 19.0 Å². The van der Waals surface area contributed by atoms with Gasteiger partial charge in [0.15, 0.2) is 0 Å². The minimum absolute atomic E-state index is 0.0331. The summed E-state index contributed by atoms with van der Waals surface area (Å²) in [6.07, 6.45) is 2.05. The number of hydrogen-bond acceptors (Lipinski definition) is 5. The third-order valence-electron chi connectivity index (χ3n) is 5.73. The Morgan fingerprint density at radius 2 is 1.93 bits per heavy atom. The predicted molar refractivity (Wildman–Crippen MR) is 118 cm³/mol. The number of benzene rings is 2. The number of para-hydroxylation sites is 1. The van der Waals surface area contributed by atoms with E-state index >= 15 is 0 Å². The molecule has 30 heavy (non-hydrogen) atoms. The summed E-state index contributed by atoms with van der Waals surface area (Å²) in [7, 11) is 0. The molecule has 162 valence electrons. The van der Waals surface area contributed by atoms with E-state index in [2.05, 4.69) is 13.8 Å². The van der Waals surface area contributed by atoms with Crippen LogP contribution in [-0.2, 0) is 4.74 Å². The third-order valence-corrected chi connectivity index (χ3v) is 6.76. The van der Waals surface area contributed by atoms with Gasteiger partial charge < -0.3 is 18.9 Å². The molecule has 4 nitrogen and oxygen atoms in total. The molecule has 2 aromatic rings. The number of halogens is 1. The van der Waals surface area contributed by atoms with Crippen LogP contribution >= 0.6 is 11.9 Å². The number of aliphatic hydroxyl groups excluding tert-OH is 1. The summed E-state index contributed by atoms with van der Waals surface area (Å²) in [5.74, 6) is 1.34. The number of ether oxygens (including phenoxy) is 2. The lowest BCUT2D eigenvalue weighted by Crippen LogP contribution is -2.36. The van der Waals surface area contributed by atoms with Crippen LogP contribution in [0, 0.1) is 17.7 Å². The molecule has 2 aliphatic rings. The van der Waals surface area contributed by atoms with Crippen molar-refractivity contribution >= 4 is 17.6 Å². The lowest BCUT2D eigenvalue weighted by Gasteiger charge is -2.36. The summed E-state index contributed by atoms with van der Waals surface area (Å²) in [6.45, 7) is 6.49. The van der Waals surface area contributed by atoms with Crippen molar-refractivity contribution in [2.24, 2.45) is 11.8 Å². The molecule has 0 saturated carbocycles. The molecule has 0 aromatic heterocycles. The maximum atomic E-state index is 14.4. The Morgan fingerprint density at radius 3 is 2.67 bits per heavy atom. The molecular weight excluding hydrogens is 401 g/mol. The van der Waals surface area contributed by atoms with Gasteiger partial charge in [0.05, 0.1) is 11.8 Å². The van der Waals surface area contributed by atoms with Crippen LogP contribution < -0.4 is 9.04 Å². The van der Waals surface area contributed by atoms with E-state index in [1.165, 1.54) is 18.0 Å². The van der Waals surface area contributed by atoms with Gasteiger partial charge in [-0.1, -0.05) is 26.0 Å². The summed E-state index contributed by atoms with van der Waals surface area (Å²) in [6, 6.07) is 12.8. The van der Waals surface area contributed by atoms with Gasteiger partial charge in [-0.2, -0.15) is 0 Å². The van der Waals surface area contributed by atoms with E-state index in [0.29, 0.717) is 30.5 Å². The molecule has 2 aliphatic heterocycles. The number of anilines is 1. The Bertz CT molecular complexity index is 856. The number of fused-ring (bicyclic) bond motifs is 1. The highest BCUT2D eigenvalue weighted by molar-refractivity contribution is 8.00. The van der Waals surface area contributed by atoms with E-state index in [1.807, 2.05) is 28.6 Å². The summed E-state index contributed by atoms with van der Waals surface area (Å²) in [5.41, 5.74) is 1.40. The molecule has 0 aliphatic carbocycles. The second kappa shape index (κ2) is 9.58. The van der Waals surface area contributed by atoms with E-state index in [0.717, 1.165) is 42.3 Å². The highest BCUT2D eigenvalue weighted by Crippen LogP contribution is 2.41. The number of rotatable bonds is 6. The molecule has 1 fully saturated rings. The van der Waals surface area contributed by atoms with Crippen LogP contribution in [0.4, 0.5) is 10.1 Å². The topological polar surface area (TPSA) is 41.9 Å². The minimum Gasteiger partial charge on any atom is -0.490 e. The fourth-order valence-electron chi connectivity index (χ4n) is 4.18.